The summed E-state index contributed by atoms with van der Waals surface area (Å²) in [7, 11) is 0. The number of aromatic nitrogens is 2. The molecule has 0 amide bonds. The fourth-order valence-corrected chi connectivity index (χ4v) is 0.634. The molecule has 3 heteroatoms. The van der Waals surface area contributed by atoms with Gasteiger partial charge in [-0.1, -0.05) is 0 Å². The summed E-state index contributed by atoms with van der Waals surface area (Å²) in [6, 6.07) is 0.394. The van der Waals surface area contributed by atoms with Crippen molar-refractivity contribution in [1.82, 2.24) is 9.97 Å². The van der Waals surface area contributed by atoms with Crippen LogP contribution in [0.1, 0.15) is 13.8 Å². The summed E-state index contributed by atoms with van der Waals surface area (Å²) in [4.78, 5) is 7.78. The van der Waals surface area contributed by atoms with Gasteiger partial charge in [0.1, 0.15) is 12.0 Å². The van der Waals surface area contributed by atoms with Crippen molar-refractivity contribution < 1.29 is 0 Å². The van der Waals surface area contributed by atoms with Gasteiger partial charge in [0.2, 0.25) is 0 Å². The van der Waals surface area contributed by atoms with E-state index in [1.165, 1.54) is 6.20 Å². The number of nitrogens with zero attached hydrogens (tertiary/aromatic N) is 2. The third-order valence-electron chi connectivity index (χ3n) is 0.951. The first kappa shape index (κ1) is 6.99. The molecule has 0 spiro atoms. The van der Waals surface area contributed by atoms with Crippen LogP contribution in [0.2, 0.25) is 0 Å². The van der Waals surface area contributed by atoms with Crippen molar-refractivity contribution in [3.05, 3.63) is 18.6 Å². The van der Waals surface area contributed by atoms with Crippen molar-refractivity contribution in [3.8, 4) is 0 Å². The first-order valence-corrected chi connectivity index (χ1v) is 3.23. The Morgan fingerprint density at radius 1 is 1.60 bits per heavy atom. The monoisotopic (exact) mass is 136 g/mol. The molecule has 0 bridgehead atoms. The Bertz CT molecular complexity index is 183. The lowest BCUT2D eigenvalue weighted by molar-refractivity contribution is 0.885. The first-order valence-electron chi connectivity index (χ1n) is 3.23. The molecular formula is C7H10N3. The number of hydrogen-bond acceptors (Lipinski definition) is 3. The second-order valence-electron chi connectivity index (χ2n) is 2.33. The molecule has 10 heavy (non-hydrogen) atoms. The van der Waals surface area contributed by atoms with Crippen LogP contribution in [0.3, 0.4) is 0 Å². The zero-order valence-electron chi connectivity index (χ0n) is 6.13. The molecule has 0 atom stereocenters. The van der Waals surface area contributed by atoms with Gasteiger partial charge in [-0.15, -0.1) is 0 Å². The smallest absolute Gasteiger partial charge is 0.145 e. The van der Waals surface area contributed by atoms with Crippen molar-refractivity contribution in [2.45, 2.75) is 19.9 Å². The normalized spacial score (nSPS) is 9.90. The van der Waals surface area contributed by atoms with Crippen molar-refractivity contribution in [1.29, 1.82) is 0 Å². The standard InChI is InChI=1S/C7H10N3/c1-6(2)10-7-5-8-3-4-9-7/h3,5-6H,1-2H3,(H,9,10). The number of anilines is 1. The van der Waals surface area contributed by atoms with E-state index < -0.39 is 0 Å². The van der Waals surface area contributed by atoms with Gasteiger partial charge in [-0.3, -0.25) is 4.98 Å². The minimum atomic E-state index is 0.394. The van der Waals surface area contributed by atoms with E-state index in [2.05, 4.69) is 35.3 Å². The molecule has 1 rings (SSSR count). The second kappa shape index (κ2) is 3.15. The topological polar surface area (TPSA) is 37.8 Å². The quantitative estimate of drug-likeness (QED) is 0.661. The molecule has 0 aliphatic heterocycles. The summed E-state index contributed by atoms with van der Waals surface area (Å²) in [5.41, 5.74) is 0. The van der Waals surface area contributed by atoms with Crippen LogP contribution in [-0.2, 0) is 0 Å². The third-order valence-corrected chi connectivity index (χ3v) is 0.951. The molecule has 1 aromatic heterocycles. The molecule has 0 aliphatic carbocycles. The lowest BCUT2D eigenvalue weighted by Crippen LogP contribution is -2.10. The average molecular weight is 136 g/mol. The largest absolute Gasteiger partial charge is 0.367 e. The molecule has 0 saturated heterocycles. The van der Waals surface area contributed by atoms with Crippen LogP contribution in [0.25, 0.3) is 0 Å². The lowest BCUT2D eigenvalue weighted by atomic mass is 10.4. The zero-order valence-corrected chi connectivity index (χ0v) is 6.13. The Labute approximate surface area is 60.5 Å². The van der Waals surface area contributed by atoms with Gasteiger partial charge < -0.3 is 5.32 Å². The van der Waals surface area contributed by atoms with Gasteiger partial charge in [-0.05, 0) is 13.8 Å². The van der Waals surface area contributed by atoms with Crippen molar-refractivity contribution >= 4 is 5.82 Å². The number of nitrogens with one attached hydrogen (secondary N) is 1. The molecule has 0 aliphatic rings. The predicted molar refractivity (Wildman–Crippen MR) is 39.6 cm³/mol. The maximum Gasteiger partial charge on any atom is 0.145 e. The molecule has 0 unspecified atom stereocenters. The van der Waals surface area contributed by atoms with E-state index in [1.54, 1.807) is 6.20 Å². The van der Waals surface area contributed by atoms with E-state index in [4.69, 9.17) is 0 Å². The van der Waals surface area contributed by atoms with Crippen molar-refractivity contribution in [2.24, 2.45) is 0 Å². The fourth-order valence-electron chi connectivity index (χ4n) is 0.634. The summed E-state index contributed by atoms with van der Waals surface area (Å²) in [5.74, 6) is 0.775. The van der Waals surface area contributed by atoms with Gasteiger partial charge in [-0.25, -0.2) is 4.98 Å². The summed E-state index contributed by atoms with van der Waals surface area (Å²) < 4.78 is 0. The van der Waals surface area contributed by atoms with E-state index in [9.17, 15) is 0 Å². The minimum Gasteiger partial charge on any atom is -0.367 e. The van der Waals surface area contributed by atoms with E-state index >= 15 is 0 Å². The number of hydrogen-bond donors (Lipinski definition) is 1. The average Bonchev–Trinajstić information content (AvgIpc) is 1.88. The maximum atomic E-state index is 3.92. The Balaban J connectivity index is 2.59. The van der Waals surface area contributed by atoms with Gasteiger partial charge in [0.15, 0.2) is 0 Å². The van der Waals surface area contributed by atoms with Gasteiger partial charge in [0.25, 0.3) is 0 Å². The molecular weight excluding hydrogens is 126 g/mol. The zero-order chi connectivity index (χ0) is 7.40. The van der Waals surface area contributed by atoms with Crippen LogP contribution in [0.15, 0.2) is 12.4 Å². The molecule has 1 radical (unpaired) electrons. The predicted octanol–water partition coefficient (Wildman–Crippen LogP) is 1.10. The molecule has 0 saturated carbocycles. The highest BCUT2D eigenvalue weighted by atomic mass is 15.0. The second-order valence-corrected chi connectivity index (χ2v) is 2.33. The summed E-state index contributed by atoms with van der Waals surface area (Å²) in [6.45, 7) is 4.10. The summed E-state index contributed by atoms with van der Waals surface area (Å²) in [5, 5.41) is 3.10. The summed E-state index contributed by atoms with van der Waals surface area (Å²) in [6.07, 6.45) is 5.85. The van der Waals surface area contributed by atoms with Crippen LogP contribution in [0.5, 0.6) is 0 Å². The molecule has 1 aromatic rings. The highest BCUT2D eigenvalue weighted by Gasteiger charge is 1.93. The van der Waals surface area contributed by atoms with Gasteiger partial charge in [-0.2, -0.15) is 0 Å². The number of rotatable bonds is 2. The Morgan fingerprint density at radius 2 is 2.40 bits per heavy atom. The van der Waals surface area contributed by atoms with Gasteiger partial charge in [0.05, 0.1) is 12.4 Å². The van der Waals surface area contributed by atoms with Crippen LogP contribution in [0, 0.1) is 6.20 Å². The molecule has 0 fully saturated rings. The highest BCUT2D eigenvalue weighted by Crippen LogP contribution is 1.98. The van der Waals surface area contributed by atoms with Crippen molar-refractivity contribution in [2.75, 3.05) is 5.32 Å². The molecule has 3 nitrogen and oxygen atoms in total. The summed E-state index contributed by atoms with van der Waals surface area (Å²) >= 11 is 0. The molecule has 53 valence electrons. The van der Waals surface area contributed by atoms with Crippen LogP contribution in [-0.4, -0.2) is 16.0 Å². The maximum absolute atomic E-state index is 3.92. The van der Waals surface area contributed by atoms with Crippen molar-refractivity contribution in [3.63, 3.8) is 0 Å². The van der Waals surface area contributed by atoms with E-state index in [-0.39, 0.29) is 0 Å². The molecule has 0 aromatic carbocycles. The SMILES string of the molecule is CC(C)Nc1cnc[c]n1. The highest BCUT2D eigenvalue weighted by molar-refractivity contribution is 5.30. The van der Waals surface area contributed by atoms with Gasteiger partial charge in [0, 0.05) is 6.04 Å². The lowest BCUT2D eigenvalue weighted by Gasteiger charge is -2.06. The van der Waals surface area contributed by atoms with Crippen LogP contribution in [0.4, 0.5) is 5.82 Å². The minimum absolute atomic E-state index is 0.394. The Morgan fingerprint density at radius 3 is 2.90 bits per heavy atom. The van der Waals surface area contributed by atoms with E-state index in [1.807, 2.05) is 0 Å². The van der Waals surface area contributed by atoms with Crippen LogP contribution < -0.4 is 5.32 Å². The van der Waals surface area contributed by atoms with Gasteiger partial charge >= 0.3 is 0 Å². The van der Waals surface area contributed by atoms with E-state index in [0.717, 1.165) is 5.82 Å². The molecule has 1 heterocycles. The van der Waals surface area contributed by atoms with Crippen LogP contribution >= 0.6 is 0 Å². The third kappa shape index (κ3) is 2.01. The van der Waals surface area contributed by atoms with E-state index in [0.29, 0.717) is 6.04 Å². The molecule has 1 N–H and O–H groups in total. The Hall–Kier alpha value is -1.12. The Kier molecular flexibility index (Phi) is 2.20. The fraction of sp³-hybridized carbons (Fsp3) is 0.429. The first-order chi connectivity index (χ1) is 4.79.